The normalized spacial score (nSPS) is 27.6. The Hall–Kier alpha value is -0.590. The smallest absolute Gasteiger partial charge is 0.0635 e. The first-order chi connectivity index (χ1) is 6.77. The van der Waals surface area contributed by atoms with Crippen LogP contribution in [0.2, 0.25) is 0 Å². The number of rotatable bonds is 4. The van der Waals surface area contributed by atoms with E-state index in [2.05, 4.69) is 17.9 Å². The standard InChI is InChI=1S/C11H20N2O/c1-2-13(9-3-8-12)10-4-6-11(14)7-5-10/h10-11,14H,2-7,9H2,1H3. The van der Waals surface area contributed by atoms with Gasteiger partial charge in [-0.3, -0.25) is 4.90 Å². The molecule has 1 rings (SSSR count). The molecule has 1 fully saturated rings. The molecule has 1 aliphatic rings. The van der Waals surface area contributed by atoms with Gasteiger partial charge in [-0.1, -0.05) is 6.92 Å². The van der Waals surface area contributed by atoms with Crippen LogP contribution in [0.5, 0.6) is 0 Å². The highest BCUT2D eigenvalue weighted by Crippen LogP contribution is 2.22. The highest BCUT2D eigenvalue weighted by molar-refractivity contribution is 4.81. The second-order valence-electron chi connectivity index (χ2n) is 4.00. The first-order valence-electron chi connectivity index (χ1n) is 5.57. The van der Waals surface area contributed by atoms with Gasteiger partial charge >= 0.3 is 0 Å². The third-order valence-electron chi connectivity index (χ3n) is 3.10. The molecule has 1 N–H and O–H groups in total. The molecule has 3 heteroatoms. The van der Waals surface area contributed by atoms with Crippen molar-refractivity contribution >= 4 is 0 Å². The van der Waals surface area contributed by atoms with Crippen molar-refractivity contribution in [2.45, 2.75) is 51.2 Å². The van der Waals surface area contributed by atoms with Gasteiger partial charge < -0.3 is 5.11 Å². The molecule has 0 aliphatic heterocycles. The molecule has 0 amide bonds. The van der Waals surface area contributed by atoms with Crippen molar-refractivity contribution in [2.75, 3.05) is 13.1 Å². The van der Waals surface area contributed by atoms with Crippen LogP contribution in [0.3, 0.4) is 0 Å². The number of aliphatic hydroxyl groups excluding tert-OH is 1. The average molecular weight is 196 g/mol. The Morgan fingerprint density at radius 3 is 2.50 bits per heavy atom. The van der Waals surface area contributed by atoms with E-state index >= 15 is 0 Å². The summed E-state index contributed by atoms with van der Waals surface area (Å²) < 4.78 is 0. The van der Waals surface area contributed by atoms with Crippen LogP contribution < -0.4 is 0 Å². The van der Waals surface area contributed by atoms with Crippen LogP contribution >= 0.6 is 0 Å². The van der Waals surface area contributed by atoms with E-state index in [9.17, 15) is 5.11 Å². The maximum Gasteiger partial charge on any atom is 0.0635 e. The van der Waals surface area contributed by atoms with Crippen molar-refractivity contribution < 1.29 is 5.11 Å². The van der Waals surface area contributed by atoms with Gasteiger partial charge in [0.2, 0.25) is 0 Å². The number of nitriles is 1. The maximum absolute atomic E-state index is 9.39. The van der Waals surface area contributed by atoms with E-state index in [1.807, 2.05) is 0 Å². The molecule has 0 saturated heterocycles. The lowest BCUT2D eigenvalue weighted by molar-refractivity contribution is 0.0768. The monoisotopic (exact) mass is 196 g/mol. The topological polar surface area (TPSA) is 47.3 Å². The fourth-order valence-electron chi connectivity index (χ4n) is 2.22. The lowest BCUT2D eigenvalue weighted by Crippen LogP contribution is -2.39. The predicted molar refractivity (Wildman–Crippen MR) is 55.7 cm³/mol. The molecule has 14 heavy (non-hydrogen) atoms. The molecule has 0 radical (unpaired) electrons. The zero-order valence-corrected chi connectivity index (χ0v) is 8.95. The van der Waals surface area contributed by atoms with Crippen LogP contribution in [0.15, 0.2) is 0 Å². The van der Waals surface area contributed by atoms with Gasteiger partial charge in [0.15, 0.2) is 0 Å². The fraction of sp³-hybridized carbons (Fsp3) is 0.909. The second-order valence-corrected chi connectivity index (χ2v) is 4.00. The van der Waals surface area contributed by atoms with Gasteiger partial charge in [-0.2, -0.15) is 5.26 Å². The van der Waals surface area contributed by atoms with Crippen LogP contribution in [-0.4, -0.2) is 35.2 Å². The highest BCUT2D eigenvalue weighted by Gasteiger charge is 2.23. The zero-order chi connectivity index (χ0) is 10.4. The van der Waals surface area contributed by atoms with E-state index in [1.165, 1.54) is 0 Å². The molecule has 1 saturated carbocycles. The Morgan fingerprint density at radius 1 is 1.36 bits per heavy atom. The minimum absolute atomic E-state index is 0.0825. The summed E-state index contributed by atoms with van der Waals surface area (Å²) in [4.78, 5) is 2.37. The molecule has 0 heterocycles. The minimum Gasteiger partial charge on any atom is -0.393 e. The lowest BCUT2D eigenvalue weighted by Gasteiger charge is -2.34. The summed E-state index contributed by atoms with van der Waals surface area (Å²) >= 11 is 0. The molecular formula is C11H20N2O. The maximum atomic E-state index is 9.39. The minimum atomic E-state index is -0.0825. The lowest BCUT2D eigenvalue weighted by atomic mass is 9.92. The summed E-state index contributed by atoms with van der Waals surface area (Å²) in [6.45, 7) is 4.04. The Balaban J connectivity index is 2.33. The van der Waals surface area contributed by atoms with Gasteiger partial charge in [0.25, 0.3) is 0 Å². The first-order valence-corrected chi connectivity index (χ1v) is 5.57. The molecule has 1 aliphatic carbocycles. The third kappa shape index (κ3) is 3.28. The molecule has 80 valence electrons. The van der Waals surface area contributed by atoms with Crippen molar-refractivity contribution in [2.24, 2.45) is 0 Å². The summed E-state index contributed by atoms with van der Waals surface area (Å²) in [5.74, 6) is 0. The summed E-state index contributed by atoms with van der Waals surface area (Å²) in [7, 11) is 0. The number of hydrogen-bond donors (Lipinski definition) is 1. The Bertz CT molecular complexity index is 192. The molecule has 0 spiro atoms. The van der Waals surface area contributed by atoms with Crippen molar-refractivity contribution in [3.63, 3.8) is 0 Å². The van der Waals surface area contributed by atoms with Gasteiger partial charge in [-0.05, 0) is 32.2 Å². The van der Waals surface area contributed by atoms with Crippen LogP contribution in [0.25, 0.3) is 0 Å². The van der Waals surface area contributed by atoms with Crippen molar-refractivity contribution in [1.82, 2.24) is 4.90 Å². The summed E-state index contributed by atoms with van der Waals surface area (Å²) in [5, 5.41) is 17.9. The Kier molecular flexibility index (Phi) is 4.92. The van der Waals surface area contributed by atoms with Crippen LogP contribution in [0.4, 0.5) is 0 Å². The van der Waals surface area contributed by atoms with Gasteiger partial charge in [0.1, 0.15) is 0 Å². The van der Waals surface area contributed by atoms with Gasteiger partial charge in [0.05, 0.1) is 12.2 Å². The van der Waals surface area contributed by atoms with Gasteiger partial charge in [-0.25, -0.2) is 0 Å². The van der Waals surface area contributed by atoms with Crippen molar-refractivity contribution in [1.29, 1.82) is 5.26 Å². The number of aliphatic hydroxyl groups is 1. The molecule has 0 aromatic heterocycles. The van der Waals surface area contributed by atoms with E-state index < -0.39 is 0 Å². The molecule has 0 aromatic rings. The average Bonchev–Trinajstić information content (AvgIpc) is 2.21. The highest BCUT2D eigenvalue weighted by atomic mass is 16.3. The van der Waals surface area contributed by atoms with Crippen LogP contribution in [0, 0.1) is 11.3 Å². The van der Waals surface area contributed by atoms with E-state index in [0.717, 1.165) is 38.8 Å². The molecule has 0 bridgehead atoms. The Labute approximate surface area is 86.3 Å². The molecule has 0 aromatic carbocycles. The van der Waals surface area contributed by atoms with Gasteiger partial charge in [-0.15, -0.1) is 0 Å². The summed E-state index contributed by atoms with van der Waals surface area (Å²) in [6, 6.07) is 2.78. The fourth-order valence-corrected chi connectivity index (χ4v) is 2.22. The molecule has 0 atom stereocenters. The van der Waals surface area contributed by atoms with E-state index in [-0.39, 0.29) is 6.10 Å². The quantitative estimate of drug-likeness (QED) is 0.741. The zero-order valence-electron chi connectivity index (χ0n) is 8.95. The molecule has 0 unspecified atom stereocenters. The predicted octanol–water partition coefficient (Wildman–Crippen LogP) is 1.53. The third-order valence-corrected chi connectivity index (χ3v) is 3.10. The summed E-state index contributed by atoms with van der Waals surface area (Å²) in [5.41, 5.74) is 0. The van der Waals surface area contributed by atoms with Crippen LogP contribution in [0.1, 0.15) is 39.0 Å². The first kappa shape index (κ1) is 11.5. The van der Waals surface area contributed by atoms with Crippen molar-refractivity contribution in [3.05, 3.63) is 0 Å². The van der Waals surface area contributed by atoms with Gasteiger partial charge in [0, 0.05) is 19.0 Å². The Morgan fingerprint density at radius 2 is 2.00 bits per heavy atom. The molecule has 3 nitrogen and oxygen atoms in total. The molecular weight excluding hydrogens is 176 g/mol. The van der Waals surface area contributed by atoms with E-state index in [0.29, 0.717) is 12.5 Å². The summed E-state index contributed by atoms with van der Waals surface area (Å²) in [6.07, 6.45) is 4.55. The van der Waals surface area contributed by atoms with E-state index in [1.54, 1.807) is 0 Å². The van der Waals surface area contributed by atoms with E-state index in [4.69, 9.17) is 5.26 Å². The number of nitrogens with zero attached hydrogens (tertiary/aromatic N) is 2. The number of hydrogen-bond acceptors (Lipinski definition) is 3. The second kappa shape index (κ2) is 6.00. The van der Waals surface area contributed by atoms with Crippen molar-refractivity contribution in [3.8, 4) is 6.07 Å². The van der Waals surface area contributed by atoms with Crippen LogP contribution in [-0.2, 0) is 0 Å². The SMILES string of the molecule is CCN(CCC#N)C1CCC(O)CC1. The largest absolute Gasteiger partial charge is 0.393 e.